The molecule has 0 aliphatic rings. The molecule has 16 heavy (non-hydrogen) atoms. The van der Waals surface area contributed by atoms with Gasteiger partial charge in [0.15, 0.2) is 0 Å². The molecule has 0 aromatic rings. The monoisotopic (exact) mass is 231 g/mol. The van der Waals surface area contributed by atoms with E-state index in [9.17, 15) is 9.59 Å². The first-order valence-electron chi connectivity index (χ1n) is 5.40. The average molecular weight is 231 g/mol. The van der Waals surface area contributed by atoms with Gasteiger partial charge in [-0.05, 0) is 33.4 Å². The van der Waals surface area contributed by atoms with Gasteiger partial charge in [-0.3, -0.25) is 0 Å². The molecule has 0 rings (SSSR count). The van der Waals surface area contributed by atoms with Crippen molar-refractivity contribution in [1.29, 1.82) is 0 Å². The summed E-state index contributed by atoms with van der Waals surface area (Å²) in [4.78, 5) is 22.3. The van der Waals surface area contributed by atoms with Crippen LogP contribution in [0, 0.1) is 0 Å². The van der Waals surface area contributed by atoms with Crippen LogP contribution >= 0.6 is 0 Å². The minimum absolute atomic E-state index is 0.340. The summed E-state index contributed by atoms with van der Waals surface area (Å²) in [6, 6.07) is -0.442. The van der Waals surface area contributed by atoms with E-state index in [0.29, 0.717) is 13.0 Å². The fraction of sp³-hybridized carbons (Fsp3) is 0.800. The van der Waals surface area contributed by atoms with Crippen molar-refractivity contribution in [3.63, 3.8) is 0 Å². The molecule has 6 nitrogen and oxygen atoms in total. The molecule has 0 saturated carbocycles. The molecular weight excluding hydrogens is 210 g/mol. The van der Waals surface area contributed by atoms with Crippen molar-refractivity contribution < 1.29 is 14.7 Å². The first-order valence-corrected chi connectivity index (χ1v) is 5.40. The van der Waals surface area contributed by atoms with Crippen LogP contribution in [0.5, 0.6) is 0 Å². The number of carbonyl (C=O) groups is 2. The van der Waals surface area contributed by atoms with Crippen LogP contribution in [-0.4, -0.2) is 42.8 Å². The molecule has 0 spiro atoms. The van der Waals surface area contributed by atoms with Gasteiger partial charge in [0.1, 0.15) is 5.54 Å². The minimum Gasteiger partial charge on any atom is -0.480 e. The van der Waals surface area contributed by atoms with Crippen molar-refractivity contribution in [3.8, 4) is 0 Å². The van der Waals surface area contributed by atoms with E-state index in [1.54, 1.807) is 6.92 Å². The zero-order valence-electron chi connectivity index (χ0n) is 10.1. The predicted octanol–water partition coefficient (Wildman–Crippen LogP) is 0.148. The van der Waals surface area contributed by atoms with Gasteiger partial charge in [0.25, 0.3) is 0 Å². The highest BCUT2D eigenvalue weighted by Crippen LogP contribution is 2.08. The summed E-state index contributed by atoms with van der Waals surface area (Å²) in [6.07, 6.45) is 1.14. The van der Waals surface area contributed by atoms with Crippen LogP contribution in [0.1, 0.15) is 26.7 Å². The zero-order valence-corrected chi connectivity index (χ0v) is 10.1. The van der Waals surface area contributed by atoms with Gasteiger partial charge >= 0.3 is 12.0 Å². The first-order chi connectivity index (χ1) is 7.46. The highest BCUT2D eigenvalue weighted by atomic mass is 16.4. The first kappa shape index (κ1) is 14.7. The molecule has 2 amide bonds. The summed E-state index contributed by atoms with van der Waals surface area (Å²) < 4.78 is 0. The van der Waals surface area contributed by atoms with Crippen molar-refractivity contribution in [2.75, 3.05) is 20.1 Å². The Morgan fingerprint density at radius 3 is 2.38 bits per heavy atom. The maximum atomic E-state index is 11.4. The van der Waals surface area contributed by atoms with E-state index >= 15 is 0 Å². The highest BCUT2D eigenvalue weighted by Gasteiger charge is 2.32. The Morgan fingerprint density at radius 2 is 1.94 bits per heavy atom. The van der Waals surface area contributed by atoms with E-state index in [0.717, 1.165) is 13.0 Å². The van der Waals surface area contributed by atoms with Crippen LogP contribution in [0.2, 0.25) is 0 Å². The number of aliphatic carboxylic acids is 1. The SMILES string of the molecule is CCC(C)(NC(=O)NCCCNC)C(=O)O. The lowest BCUT2D eigenvalue weighted by Gasteiger charge is -2.24. The summed E-state index contributed by atoms with van der Waals surface area (Å²) in [5.41, 5.74) is -1.20. The summed E-state index contributed by atoms with van der Waals surface area (Å²) in [5.74, 6) is -1.03. The molecule has 94 valence electrons. The molecule has 1 unspecified atom stereocenters. The van der Waals surface area contributed by atoms with Crippen LogP contribution in [0.15, 0.2) is 0 Å². The Morgan fingerprint density at radius 1 is 1.31 bits per heavy atom. The van der Waals surface area contributed by atoms with Gasteiger partial charge < -0.3 is 21.1 Å². The maximum absolute atomic E-state index is 11.4. The standard InChI is InChI=1S/C10H21N3O3/c1-4-10(2,8(14)15)13-9(16)12-7-5-6-11-3/h11H,4-7H2,1-3H3,(H,14,15)(H2,12,13,16). The van der Waals surface area contributed by atoms with Crippen molar-refractivity contribution >= 4 is 12.0 Å². The topological polar surface area (TPSA) is 90.5 Å². The Balaban J connectivity index is 3.98. The lowest BCUT2D eigenvalue weighted by Crippen LogP contribution is -2.55. The second kappa shape index (κ2) is 7.05. The number of carbonyl (C=O) groups excluding carboxylic acids is 1. The zero-order chi connectivity index (χ0) is 12.6. The molecule has 4 N–H and O–H groups in total. The lowest BCUT2D eigenvalue weighted by molar-refractivity contribution is -0.143. The van der Waals surface area contributed by atoms with Crippen LogP contribution in [0.3, 0.4) is 0 Å². The van der Waals surface area contributed by atoms with Crippen molar-refractivity contribution in [2.45, 2.75) is 32.2 Å². The molecule has 6 heteroatoms. The van der Waals surface area contributed by atoms with Crippen molar-refractivity contribution in [2.24, 2.45) is 0 Å². The average Bonchev–Trinajstić information content (AvgIpc) is 2.24. The molecule has 0 fully saturated rings. The van der Waals surface area contributed by atoms with Gasteiger partial charge in [-0.1, -0.05) is 6.92 Å². The predicted molar refractivity (Wildman–Crippen MR) is 61.4 cm³/mol. The van der Waals surface area contributed by atoms with E-state index in [2.05, 4.69) is 16.0 Å². The molecule has 0 heterocycles. The Bertz CT molecular complexity index is 245. The number of carboxylic acid groups (broad SMARTS) is 1. The smallest absolute Gasteiger partial charge is 0.329 e. The summed E-state index contributed by atoms with van der Waals surface area (Å²) in [5, 5.41) is 17.0. The molecule has 0 aromatic carbocycles. The Labute approximate surface area is 95.8 Å². The maximum Gasteiger partial charge on any atom is 0.329 e. The number of nitrogens with one attached hydrogen (secondary N) is 3. The van der Waals surface area contributed by atoms with E-state index in [1.165, 1.54) is 6.92 Å². The normalized spacial score (nSPS) is 13.9. The van der Waals surface area contributed by atoms with Gasteiger partial charge in [-0.15, -0.1) is 0 Å². The van der Waals surface area contributed by atoms with Gasteiger partial charge in [0.05, 0.1) is 0 Å². The number of urea groups is 1. The van der Waals surface area contributed by atoms with E-state index in [-0.39, 0.29) is 0 Å². The number of hydrogen-bond acceptors (Lipinski definition) is 3. The van der Waals surface area contributed by atoms with Gasteiger partial charge in [-0.25, -0.2) is 9.59 Å². The summed E-state index contributed by atoms with van der Waals surface area (Å²) >= 11 is 0. The molecule has 0 saturated heterocycles. The quantitative estimate of drug-likeness (QED) is 0.469. The molecule has 0 aromatic heterocycles. The summed E-state index contributed by atoms with van der Waals surface area (Å²) in [6.45, 7) is 4.54. The van der Waals surface area contributed by atoms with E-state index in [1.807, 2.05) is 7.05 Å². The molecule has 0 radical (unpaired) electrons. The summed E-state index contributed by atoms with van der Waals surface area (Å²) in [7, 11) is 1.83. The van der Waals surface area contributed by atoms with Gasteiger partial charge in [-0.2, -0.15) is 0 Å². The number of amides is 2. The van der Waals surface area contributed by atoms with Crippen LogP contribution in [-0.2, 0) is 4.79 Å². The lowest BCUT2D eigenvalue weighted by atomic mass is 10.00. The molecule has 0 aliphatic heterocycles. The number of rotatable bonds is 7. The van der Waals surface area contributed by atoms with Crippen molar-refractivity contribution in [3.05, 3.63) is 0 Å². The number of carboxylic acids is 1. The molecule has 0 aliphatic carbocycles. The van der Waals surface area contributed by atoms with Crippen LogP contribution < -0.4 is 16.0 Å². The Hall–Kier alpha value is -1.30. The number of hydrogen-bond donors (Lipinski definition) is 4. The molecule has 1 atom stereocenters. The Kier molecular flexibility index (Phi) is 6.48. The minimum atomic E-state index is -1.20. The second-order valence-corrected chi connectivity index (χ2v) is 3.83. The second-order valence-electron chi connectivity index (χ2n) is 3.83. The third-order valence-electron chi connectivity index (χ3n) is 2.46. The van der Waals surface area contributed by atoms with Gasteiger partial charge in [0.2, 0.25) is 0 Å². The highest BCUT2D eigenvalue weighted by molar-refractivity contribution is 5.85. The van der Waals surface area contributed by atoms with Crippen molar-refractivity contribution in [1.82, 2.24) is 16.0 Å². The largest absolute Gasteiger partial charge is 0.480 e. The molecular formula is C10H21N3O3. The van der Waals surface area contributed by atoms with Crippen LogP contribution in [0.4, 0.5) is 4.79 Å². The molecule has 0 bridgehead atoms. The van der Waals surface area contributed by atoms with E-state index in [4.69, 9.17) is 5.11 Å². The van der Waals surface area contributed by atoms with Gasteiger partial charge in [0, 0.05) is 6.54 Å². The van der Waals surface area contributed by atoms with E-state index < -0.39 is 17.5 Å². The fourth-order valence-electron chi connectivity index (χ4n) is 1.05. The third kappa shape index (κ3) is 4.97. The van der Waals surface area contributed by atoms with Crippen LogP contribution in [0.25, 0.3) is 0 Å². The fourth-order valence-corrected chi connectivity index (χ4v) is 1.05. The third-order valence-corrected chi connectivity index (χ3v) is 2.46.